The lowest BCUT2D eigenvalue weighted by Crippen LogP contribution is -2.25. The highest BCUT2D eigenvalue weighted by Crippen LogP contribution is 2.10. The van der Waals surface area contributed by atoms with Gasteiger partial charge >= 0.3 is 0 Å². The summed E-state index contributed by atoms with van der Waals surface area (Å²) in [6.45, 7) is 4.67. The highest BCUT2D eigenvalue weighted by Gasteiger charge is 2.03. The van der Waals surface area contributed by atoms with Crippen molar-refractivity contribution in [2.75, 3.05) is 6.54 Å². The Morgan fingerprint density at radius 1 is 1.38 bits per heavy atom. The van der Waals surface area contributed by atoms with E-state index in [4.69, 9.17) is 6.42 Å². The van der Waals surface area contributed by atoms with Crippen LogP contribution in [0, 0.1) is 26.2 Å². The summed E-state index contributed by atoms with van der Waals surface area (Å²) in [5.41, 5.74) is 3.51. The molecule has 84 valence electrons. The topological polar surface area (TPSA) is 29.1 Å². The predicted octanol–water partition coefficient (Wildman–Crippen LogP) is 1.99. The van der Waals surface area contributed by atoms with Crippen molar-refractivity contribution in [2.45, 2.75) is 26.7 Å². The molecule has 0 bridgehead atoms. The Bertz CT molecular complexity index is 415. The van der Waals surface area contributed by atoms with Crippen LogP contribution in [-0.2, 0) is 11.2 Å². The second-order valence-electron chi connectivity index (χ2n) is 3.90. The van der Waals surface area contributed by atoms with E-state index in [-0.39, 0.29) is 5.91 Å². The van der Waals surface area contributed by atoms with E-state index in [9.17, 15) is 4.79 Å². The predicted molar refractivity (Wildman–Crippen MR) is 66.1 cm³/mol. The lowest BCUT2D eigenvalue weighted by atomic mass is 10.0. The molecule has 0 unspecified atom stereocenters. The van der Waals surface area contributed by atoms with Crippen LogP contribution in [-0.4, -0.2) is 12.5 Å². The summed E-state index contributed by atoms with van der Waals surface area (Å²) >= 11 is 0. The van der Waals surface area contributed by atoms with E-state index in [2.05, 4.69) is 31.2 Å². The van der Waals surface area contributed by atoms with Gasteiger partial charge in [0.05, 0.1) is 6.42 Å². The molecule has 0 aromatic heterocycles. The minimum absolute atomic E-state index is 0.0264. The van der Waals surface area contributed by atoms with Crippen molar-refractivity contribution in [3.05, 3.63) is 34.9 Å². The van der Waals surface area contributed by atoms with E-state index in [1.54, 1.807) is 0 Å². The van der Waals surface area contributed by atoms with Gasteiger partial charge in [0.1, 0.15) is 0 Å². The van der Waals surface area contributed by atoms with Gasteiger partial charge < -0.3 is 5.32 Å². The Hall–Kier alpha value is -1.75. The molecule has 0 aliphatic heterocycles. The number of terminal acetylenes is 1. The first-order chi connectivity index (χ1) is 7.63. The van der Waals surface area contributed by atoms with Gasteiger partial charge in [-0.15, -0.1) is 12.3 Å². The van der Waals surface area contributed by atoms with Crippen molar-refractivity contribution in [3.8, 4) is 12.3 Å². The van der Waals surface area contributed by atoms with Gasteiger partial charge in [-0.05, 0) is 30.5 Å². The Kier molecular flexibility index (Phi) is 4.60. The molecule has 0 fully saturated rings. The minimum Gasteiger partial charge on any atom is -0.355 e. The second kappa shape index (κ2) is 5.97. The lowest BCUT2D eigenvalue weighted by molar-refractivity contribution is -0.120. The molecule has 0 aliphatic rings. The molecule has 2 nitrogen and oxygen atoms in total. The molecule has 0 aliphatic carbocycles. The van der Waals surface area contributed by atoms with Gasteiger partial charge in [-0.25, -0.2) is 0 Å². The zero-order valence-electron chi connectivity index (χ0n) is 9.84. The molecule has 16 heavy (non-hydrogen) atoms. The molecule has 1 amide bonds. The van der Waals surface area contributed by atoms with Gasteiger partial charge in [-0.1, -0.05) is 18.2 Å². The summed E-state index contributed by atoms with van der Waals surface area (Å²) in [5, 5.41) is 2.78. The summed E-state index contributed by atoms with van der Waals surface area (Å²) < 4.78 is 0. The molecule has 1 N–H and O–H groups in total. The third-order valence-corrected chi connectivity index (χ3v) is 2.53. The van der Waals surface area contributed by atoms with Gasteiger partial charge in [0.25, 0.3) is 0 Å². The highest BCUT2D eigenvalue weighted by molar-refractivity contribution is 5.78. The summed E-state index contributed by atoms with van der Waals surface area (Å²) in [7, 11) is 0. The molecule has 1 aromatic rings. The monoisotopic (exact) mass is 215 g/mol. The molecule has 0 atom stereocenters. The number of carbonyl (C=O) groups is 1. The van der Waals surface area contributed by atoms with Gasteiger partial charge in [-0.3, -0.25) is 4.79 Å². The SMILES string of the molecule is C#CCCNC(=O)Cc1ccc(C)c(C)c1. The first-order valence-corrected chi connectivity index (χ1v) is 5.40. The number of hydrogen-bond donors (Lipinski definition) is 1. The maximum Gasteiger partial charge on any atom is 0.224 e. The Morgan fingerprint density at radius 2 is 2.12 bits per heavy atom. The first-order valence-electron chi connectivity index (χ1n) is 5.40. The fourth-order valence-corrected chi connectivity index (χ4v) is 1.44. The summed E-state index contributed by atoms with van der Waals surface area (Å²) in [4.78, 5) is 11.5. The fraction of sp³-hybridized carbons (Fsp3) is 0.357. The molecular weight excluding hydrogens is 198 g/mol. The van der Waals surface area contributed by atoms with Crippen LogP contribution in [0.5, 0.6) is 0 Å². The van der Waals surface area contributed by atoms with Gasteiger partial charge in [0, 0.05) is 13.0 Å². The van der Waals surface area contributed by atoms with E-state index in [0.29, 0.717) is 19.4 Å². The number of aryl methyl sites for hydroxylation is 2. The smallest absolute Gasteiger partial charge is 0.224 e. The average molecular weight is 215 g/mol. The third kappa shape index (κ3) is 3.78. The maximum absolute atomic E-state index is 11.5. The molecular formula is C14H17NO. The Labute approximate surface area is 97.1 Å². The largest absolute Gasteiger partial charge is 0.355 e. The molecule has 0 saturated carbocycles. The van der Waals surface area contributed by atoms with Crippen molar-refractivity contribution in [1.29, 1.82) is 0 Å². The van der Waals surface area contributed by atoms with Gasteiger partial charge in [0.2, 0.25) is 5.91 Å². The molecule has 2 heteroatoms. The van der Waals surface area contributed by atoms with Crippen LogP contribution in [0.1, 0.15) is 23.1 Å². The molecule has 1 aromatic carbocycles. The standard InChI is InChI=1S/C14H17NO/c1-4-5-8-15-14(16)10-13-7-6-11(2)12(3)9-13/h1,6-7,9H,5,8,10H2,2-3H3,(H,15,16). The van der Waals surface area contributed by atoms with Gasteiger partial charge in [0.15, 0.2) is 0 Å². The quantitative estimate of drug-likeness (QED) is 0.604. The normalized spacial score (nSPS) is 9.56. The number of benzene rings is 1. The summed E-state index contributed by atoms with van der Waals surface area (Å²) in [5.74, 6) is 2.52. The Morgan fingerprint density at radius 3 is 2.75 bits per heavy atom. The third-order valence-electron chi connectivity index (χ3n) is 2.53. The van der Waals surface area contributed by atoms with E-state index >= 15 is 0 Å². The molecule has 1 rings (SSSR count). The molecule has 0 heterocycles. The highest BCUT2D eigenvalue weighted by atomic mass is 16.1. The molecule has 0 spiro atoms. The second-order valence-corrected chi connectivity index (χ2v) is 3.90. The minimum atomic E-state index is 0.0264. The first kappa shape index (κ1) is 12.3. The Balaban J connectivity index is 2.50. The van der Waals surface area contributed by atoms with Crippen LogP contribution in [0.25, 0.3) is 0 Å². The van der Waals surface area contributed by atoms with E-state index in [1.807, 2.05) is 12.1 Å². The van der Waals surface area contributed by atoms with Crippen molar-refractivity contribution in [3.63, 3.8) is 0 Å². The fourth-order valence-electron chi connectivity index (χ4n) is 1.44. The zero-order chi connectivity index (χ0) is 12.0. The number of rotatable bonds is 4. The van der Waals surface area contributed by atoms with Crippen molar-refractivity contribution >= 4 is 5.91 Å². The molecule has 0 saturated heterocycles. The number of hydrogen-bond acceptors (Lipinski definition) is 1. The van der Waals surface area contributed by atoms with Crippen molar-refractivity contribution in [2.24, 2.45) is 0 Å². The van der Waals surface area contributed by atoms with E-state index < -0.39 is 0 Å². The van der Waals surface area contributed by atoms with Gasteiger partial charge in [-0.2, -0.15) is 0 Å². The summed E-state index contributed by atoms with van der Waals surface area (Å²) in [6, 6.07) is 6.08. The molecule has 0 radical (unpaired) electrons. The van der Waals surface area contributed by atoms with E-state index in [1.165, 1.54) is 11.1 Å². The van der Waals surface area contributed by atoms with Crippen LogP contribution in [0.3, 0.4) is 0 Å². The summed E-state index contributed by atoms with van der Waals surface area (Å²) in [6.07, 6.45) is 6.11. The average Bonchev–Trinajstić information content (AvgIpc) is 2.24. The zero-order valence-corrected chi connectivity index (χ0v) is 9.84. The van der Waals surface area contributed by atoms with Crippen LogP contribution < -0.4 is 5.32 Å². The van der Waals surface area contributed by atoms with Crippen molar-refractivity contribution < 1.29 is 4.79 Å². The lowest BCUT2D eigenvalue weighted by Gasteiger charge is -2.05. The maximum atomic E-state index is 11.5. The van der Waals surface area contributed by atoms with Crippen LogP contribution in [0.15, 0.2) is 18.2 Å². The van der Waals surface area contributed by atoms with Crippen LogP contribution in [0.4, 0.5) is 0 Å². The van der Waals surface area contributed by atoms with Crippen LogP contribution in [0.2, 0.25) is 0 Å². The number of carbonyl (C=O) groups excluding carboxylic acids is 1. The number of nitrogens with one attached hydrogen (secondary N) is 1. The van der Waals surface area contributed by atoms with Crippen molar-refractivity contribution in [1.82, 2.24) is 5.32 Å². The number of amides is 1. The van der Waals surface area contributed by atoms with E-state index in [0.717, 1.165) is 5.56 Å². The van der Waals surface area contributed by atoms with Crippen LogP contribution >= 0.6 is 0 Å².